The maximum Gasteiger partial charge on any atom is 0.416 e. The smallest absolute Gasteiger partial charge is 0.372 e. The molecule has 1 aromatic heterocycles. The summed E-state index contributed by atoms with van der Waals surface area (Å²) in [5, 5.41) is 7.26. The van der Waals surface area contributed by atoms with E-state index < -0.39 is 40.7 Å². The van der Waals surface area contributed by atoms with Gasteiger partial charge >= 0.3 is 12.4 Å². The van der Waals surface area contributed by atoms with E-state index in [0.29, 0.717) is 38.1 Å². The lowest BCUT2D eigenvalue weighted by Gasteiger charge is -2.57. The fourth-order valence-corrected chi connectivity index (χ4v) is 5.71. The summed E-state index contributed by atoms with van der Waals surface area (Å²) < 4.78 is 88.4. The Balaban J connectivity index is 1.45. The molecule has 40 heavy (non-hydrogen) atoms. The quantitative estimate of drug-likeness (QED) is 0.409. The third kappa shape index (κ3) is 5.57. The van der Waals surface area contributed by atoms with E-state index in [9.17, 15) is 31.1 Å². The molecule has 1 unspecified atom stereocenters. The maximum absolute atomic E-state index is 13.4. The Morgan fingerprint density at radius 1 is 1.02 bits per heavy atom. The van der Waals surface area contributed by atoms with Crippen molar-refractivity contribution in [1.82, 2.24) is 25.0 Å². The van der Waals surface area contributed by atoms with Gasteiger partial charge in [0.25, 0.3) is 0 Å². The van der Waals surface area contributed by atoms with Gasteiger partial charge < -0.3 is 10.1 Å². The molecule has 7 nitrogen and oxygen atoms in total. The molecule has 4 atom stereocenters. The van der Waals surface area contributed by atoms with Gasteiger partial charge in [0.1, 0.15) is 12.7 Å². The lowest BCUT2D eigenvalue weighted by atomic mass is 9.73. The molecule has 1 N–H and O–H groups in total. The number of aromatic nitrogens is 3. The van der Waals surface area contributed by atoms with Crippen LogP contribution < -0.4 is 5.32 Å². The molecule has 3 aromatic rings. The Morgan fingerprint density at radius 3 is 2.30 bits per heavy atom. The van der Waals surface area contributed by atoms with E-state index in [0.717, 1.165) is 5.56 Å². The number of carbonyl (C=O) groups excluding carboxylic acids is 1. The molecule has 2 fully saturated rings. The number of piperazine rings is 1. The summed E-state index contributed by atoms with van der Waals surface area (Å²) in [6.45, 7) is 2.25. The Bertz CT molecular complexity index is 1320. The van der Waals surface area contributed by atoms with Crippen LogP contribution >= 0.6 is 0 Å². The van der Waals surface area contributed by atoms with E-state index in [1.807, 2.05) is 35.2 Å². The van der Waals surface area contributed by atoms with Crippen molar-refractivity contribution < 1.29 is 35.9 Å². The number of benzene rings is 2. The van der Waals surface area contributed by atoms with Crippen molar-refractivity contribution in [1.29, 1.82) is 0 Å². The van der Waals surface area contributed by atoms with Gasteiger partial charge in [0.15, 0.2) is 0 Å². The summed E-state index contributed by atoms with van der Waals surface area (Å²) in [6.07, 6.45) is -7.00. The van der Waals surface area contributed by atoms with Crippen molar-refractivity contribution in [2.75, 3.05) is 19.7 Å². The average molecular weight is 568 g/mol. The summed E-state index contributed by atoms with van der Waals surface area (Å²) in [6, 6.07) is 10.8. The molecule has 0 spiro atoms. The first-order chi connectivity index (χ1) is 18.8. The standard InChI is InChI=1S/C27H27F6N5O2/c1-18(19-9-21(26(28,29)30)11-22(10-19)27(31,32)33)40-15-25(20-5-3-2-4-6-20)8-7-24(14-38-17-34-16-35-38)13-37(25)12-23(39)36-24/h2-6,9-11,16-18H,7-8,12-15H2,1H3,(H,36,39)/t18-,24-,25-/m1/s1. The van der Waals surface area contributed by atoms with E-state index in [4.69, 9.17) is 4.74 Å². The van der Waals surface area contributed by atoms with Gasteiger partial charge in [-0.2, -0.15) is 31.4 Å². The van der Waals surface area contributed by atoms with Crippen LogP contribution in [0.4, 0.5) is 26.3 Å². The second-order valence-electron chi connectivity index (χ2n) is 10.5. The molecule has 2 aliphatic rings. The highest BCUT2D eigenvalue weighted by Crippen LogP contribution is 2.44. The van der Waals surface area contributed by atoms with Crippen molar-refractivity contribution in [3.8, 4) is 0 Å². The normalized spacial score (nSPS) is 25.9. The van der Waals surface area contributed by atoms with Gasteiger partial charge in [-0.15, -0.1) is 0 Å². The Hall–Kier alpha value is -3.45. The molecule has 2 aliphatic heterocycles. The highest BCUT2D eigenvalue weighted by Gasteiger charge is 2.53. The molecule has 0 radical (unpaired) electrons. The second-order valence-corrected chi connectivity index (χ2v) is 10.5. The minimum absolute atomic E-state index is 0.0491. The zero-order chi connectivity index (χ0) is 28.8. The molecule has 0 aliphatic carbocycles. The Morgan fingerprint density at radius 2 is 1.70 bits per heavy atom. The van der Waals surface area contributed by atoms with E-state index in [2.05, 4.69) is 15.4 Å². The number of nitrogens with zero attached hydrogens (tertiary/aromatic N) is 4. The molecule has 2 saturated heterocycles. The number of rotatable bonds is 7. The number of fused-ring (bicyclic) bond motifs is 2. The van der Waals surface area contributed by atoms with Crippen molar-refractivity contribution in [3.63, 3.8) is 0 Å². The highest BCUT2D eigenvalue weighted by atomic mass is 19.4. The third-order valence-corrected chi connectivity index (χ3v) is 7.75. The first-order valence-electron chi connectivity index (χ1n) is 12.6. The number of hydrogen-bond donors (Lipinski definition) is 1. The lowest BCUT2D eigenvalue weighted by Crippen LogP contribution is -2.72. The molecule has 2 bridgehead atoms. The Kier molecular flexibility index (Phi) is 7.15. The van der Waals surface area contributed by atoms with Gasteiger partial charge in [0.2, 0.25) is 5.91 Å². The van der Waals surface area contributed by atoms with Gasteiger partial charge in [-0.1, -0.05) is 30.3 Å². The summed E-state index contributed by atoms with van der Waals surface area (Å²) in [5.41, 5.74) is -3.66. The van der Waals surface area contributed by atoms with Crippen molar-refractivity contribution in [3.05, 3.63) is 83.4 Å². The van der Waals surface area contributed by atoms with E-state index in [1.165, 1.54) is 13.3 Å². The van der Waals surface area contributed by atoms with Gasteiger partial charge in [-0.05, 0) is 49.1 Å². The number of alkyl halides is 6. The van der Waals surface area contributed by atoms with Crippen molar-refractivity contribution in [2.45, 2.75) is 55.8 Å². The third-order valence-electron chi connectivity index (χ3n) is 7.75. The van der Waals surface area contributed by atoms with Crippen molar-refractivity contribution >= 4 is 5.91 Å². The summed E-state index contributed by atoms with van der Waals surface area (Å²) >= 11 is 0. The van der Waals surface area contributed by atoms with E-state index in [-0.39, 0.29) is 30.7 Å². The number of carbonyl (C=O) groups is 1. The van der Waals surface area contributed by atoms with Crippen LogP contribution in [-0.2, 0) is 34.0 Å². The van der Waals surface area contributed by atoms with Crippen LogP contribution in [0.5, 0.6) is 0 Å². The van der Waals surface area contributed by atoms with E-state index >= 15 is 0 Å². The van der Waals surface area contributed by atoms with Crippen LogP contribution in [0, 0.1) is 0 Å². The molecule has 13 heteroatoms. The van der Waals surface area contributed by atoms with Crippen LogP contribution in [0.1, 0.15) is 48.1 Å². The SMILES string of the molecule is C[C@@H](OC[C@@]1(c2ccccc2)CC[C@]2(Cn3cncn3)CN1CC(=O)N2)c1cc(C(F)(F)F)cc(C(F)(F)F)c1. The van der Waals surface area contributed by atoms with Gasteiger partial charge in [0.05, 0.1) is 48.0 Å². The fourth-order valence-electron chi connectivity index (χ4n) is 5.71. The molecule has 3 heterocycles. The van der Waals surface area contributed by atoms with Crippen LogP contribution in [0.25, 0.3) is 0 Å². The molecule has 1 amide bonds. The van der Waals surface area contributed by atoms with Gasteiger partial charge in [-0.3, -0.25) is 14.4 Å². The van der Waals surface area contributed by atoms with E-state index in [1.54, 1.807) is 11.0 Å². The molecule has 214 valence electrons. The van der Waals surface area contributed by atoms with Crippen LogP contribution in [0.2, 0.25) is 0 Å². The number of piperidine rings is 1. The topological polar surface area (TPSA) is 72.3 Å². The number of hydrogen-bond acceptors (Lipinski definition) is 5. The summed E-state index contributed by atoms with van der Waals surface area (Å²) in [5.74, 6) is -0.202. The molecule has 0 saturated carbocycles. The average Bonchev–Trinajstić information content (AvgIpc) is 3.40. The lowest BCUT2D eigenvalue weighted by molar-refractivity contribution is -0.144. The molecular weight excluding hydrogens is 540 g/mol. The number of ether oxygens (including phenoxy) is 1. The first kappa shape index (κ1) is 28.1. The highest BCUT2D eigenvalue weighted by molar-refractivity contribution is 5.80. The van der Waals surface area contributed by atoms with Crippen LogP contribution in [0.3, 0.4) is 0 Å². The maximum atomic E-state index is 13.4. The Labute approximate surface area is 226 Å². The second kappa shape index (κ2) is 10.2. The van der Waals surface area contributed by atoms with Gasteiger partial charge in [0, 0.05) is 6.54 Å². The first-order valence-corrected chi connectivity index (χ1v) is 12.6. The predicted molar refractivity (Wildman–Crippen MR) is 131 cm³/mol. The van der Waals surface area contributed by atoms with Crippen LogP contribution in [-0.4, -0.2) is 50.8 Å². The minimum Gasteiger partial charge on any atom is -0.372 e. The van der Waals surface area contributed by atoms with Crippen LogP contribution in [0.15, 0.2) is 61.2 Å². The van der Waals surface area contributed by atoms with Crippen molar-refractivity contribution in [2.24, 2.45) is 0 Å². The number of amides is 1. The largest absolute Gasteiger partial charge is 0.416 e. The zero-order valence-corrected chi connectivity index (χ0v) is 21.5. The fraction of sp³-hybridized carbons (Fsp3) is 0.444. The zero-order valence-electron chi connectivity index (χ0n) is 21.5. The predicted octanol–water partition coefficient (Wildman–Crippen LogP) is 4.95. The molecular formula is C27H27F6N5O2. The molecule has 2 aromatic carbocycles. The number of nitrogens with one attached hydrogen (secondary N) is 1. The summed E-state index contributed by atoms with van der Waals surface area (Å²) in [4.78, 5) is 18.9. The molecule has 5 rings (SSSR count). The summed E-state index contributed by atoms with van der Waals surface area (Å²) in [7, 11) is 0. The minimum atomic E-state index is -4.96. The van der Waals surface area contributed by atoms with Gasteiger partial charge in [-0.25, -0.2) is 4.98 Å². The number of halogens is 6. The monoisotopic (exact) mass is 567 g/mol.